The van der Waals surface area contributed by atoms with Crippen molar-refractivity contribution < 1.29 is 4.92 Å². The molecule has 3 rings (SSSR count). The molecule has 0 amide bonds. The van der Waals surface area contributed by atoms with Crippen LogP contribution in [0.5, 0.6) is 0 Å². The first-order valence-electron chi connectivity index (χ1n) is 5.75. The molecule has 92 valence electrons. The van der Waals surface area contributed by atoms with Crippen molar-refractivity contribution in [2.24, 2.45) is 0 Å². The predicted octanol–water partition coefficient (Wildman–Crippen LogP) is 1.81. The summed E-state index contributed by atoms with van der Waals surface area (Å²) < 4.78 is 1.72. The van der Waals surface area contributed by atoms with E-state index in [-0.39, 0.29) is 5.82 Å². The van der Waals surface area contributed by atoms with Gasteiger partial charge in [-0.2, -0.15) is 4.68 Å². The molecule has 1 aliphatic rings. The van der Waals surface area contributed by atoms with Crippen molar-refractivity contribution in [3.8, 4) is 0 Å². The molecule has 0 radical (unpaired) electrons. The standard InChI is InChI=1S/C12H12N4O2/c17-16(18)12-8-11-9-14(6-7-15(11)13-12)10-4-2-1-3-5-10/h1-5,8H,6-7,9H2. The molecule has 0 aliphatic carbocycles. The largest absolute Gasteiger partial charge is 0.390 e. The Hall–Kier alpha value is -2.37. The maximum absolute atomic E-state index is 10.7. The molecule has 0 bridgehead atoms. The average Bonchev–Trinajstić information content (AvgIpc) is 2.82. The van der Waals surface area contributed by atoms with Crippen molar-refractivity contribution in [3.63, 3.8) is 0 Å². The van der Waals surface area contributed by atoms with E-state index in [2.05, 4.69) is 10.00 Å². The minimum atomic E-state index is -0.446. The SMILES string of the molecule is O=[N+]([O-])c1cc2n(n1)CCN(c1ccccc1)C2. The number of aromatic nitrogens is 2. The Labute approximate surface area is 104 Å². The second-order valence-corrected chi connectivity index (χ2v) is 4.23. The van der Waals surface area contributed by atoms with E-state index in [1.165, 1.54) is 0 Å². The first kappa shape index (κ1) is 10.8. The van der Waals surface area contributed by atoms with Crippen molar-refractivity contribution >= 4 is 11.5 Å². The number of anilines is 1. The second-order valence-electron chi connectivity index (χ2n) is 4.23. The van der Waals surface area contributed by atoms with Crippen LogP contribution in [0.25, 0.3) is 0 Å². The van der Waals surface area contributed by atoms with E-state index in [1.54, 1.807) is 10.7 Å². The van der Waals surface area contributed by atoms with Gasteiger partial charge in [-0.15, -0.1) is 0 Å². The molecule has 0 saturated heterocycles. The Bertz CT molecular complexity index is 579. The third-order valence-corrected chi connectivity index (χ3v) is 3.09. The summed E-state index contributed by atoms with van der Waals surface area (Å²) in [5.74, 6) is -0.0695. The lowest BCUT2D eigenvalue weighted by Gasteiger charge is -2.27. The number of fused-ring (bicyclic) bond motifs is 1. The van der Waals surface area contributed by atoms with Crippen LogP contribution in [0.3, 0.4) is 0 Å². The molecule has 1 aromatic heterocycles. The lowest BCUT2D eigenvalue weighted by molar-refractivity contribution is -0.389. The fourth-order valence-electron chi connectivity index (χ4n) is 2.20. The van der Waals surface area contributed by atoms with Gasteiger partial charge >= 0.3 is 5.82 Å². The first-order valence-corrected chi connectivity index (χ1v) is 5.75. The molecule has 2 heterocycles. The number of para-hydroxylation sites is 1. The Balaban J connectivity index is 1.87. The molecule has 0 spiro atoms. The van der Waals surface area contributed by atoms with Crippen LogP contribution >= 0.6 is 0 Å². The van der Waals surface area contributed by atoms with Gasteiger partial charge in [0.25, 0.3) is 0 Å². The maximum atomic E-state index is 10.7. The van der Waals surface area contributed by atoms with E-state index in [0.29, 0.717) is 13.1 Å². The lowest BCUT2D eigenvalue weighted by atomic mass is 10.2. The summed E-state index contributed by atoms with van der Waals surface area (Å²) in [4.78, 5) is 12.4. The van der Waals surface area contributed by atoms with Gasteiger partial charge in [0.15, 0.2) is 0 Å². The molecule has 6 heteroatoms. The minimum absolute atomic E-state index is 0.0695. The summed E-state index contributed by atoms with van der Waals surface area (Å²) in [7, 11) is 0. The molecule has 0 atom stereocenters. The van der Waals surface area contributed by atoms with Gasteiger partial charge in [-0.3, -0.25) is 0 Å². The molecule has 1 aliphatic heterocycles. The molecule has 6 nitrogen and oxygen atoms in total. The molecule has 0 saturated carbocycles. The van der Waals surface area contributed by atoms with E-state index in [1.807, 2.05) is 30.3 Å². The van der Waals surface area contributed by atoms with Gasteiger partial charge in [-0.05, 0) is 17.1 Å². The molecule has 0 unspecified atom stereocenters. The van der Waals surface area contributed by atoms with E-state index >= 15 is 0 Å². The maximum Gasteiger partial charge on any atom is 0.390 e. The molecule has 1 aromatic carbocycles. The highest BCUT2D eigenvalue weighted by Crippen LogP contribution is 2.22. The summed E-state index contributed by atoms with van der Waals surface area (Å²) in [6.45, 7) is 2.15. The molecule has 0 fully saturated rings. The Morgan fingerprint density at radius 1 is 1.22 bits per heavy atom. The zero-order valence-corrected chi connectivity index (χ0v) is 9.69. The van der Waals surface area contributed by atoms with Crippen LogP contribution in [0.15, 0.2) is 36.4 Å². The monoisotopic (exact) mass is 244 g/mol. The third kappa shape index (κ3) is 1.81. The van der Waals surface area contributed by atoms with E-state index in [4.69, 9.17) is 0 Å². The Morgan fingerprint density at radius 3 is 2.72 bits per heavy atom. The van der Waals surface area contributed by atoms with E-state index in [0.717, 1.165) is 17.9 Å². The zero-order valence-electron chi connectivity index (χ0n) is 9.69. The first-order chi connectivity index (χ1) is 8.74. The molecule has 18 heavy (non-hydrogen) atoms. The second kappa shape index (κ2) is 4.14. The molecule has 0 N–H and O–H groups in total. The van der Waals surface area contributed by atoms with Crippen molar-refractivity contribution in [3.05, 3.63) is 52.2 Å². The van der Waals surface area contributed by atoms with Gasteiger partial charge in [0.2, 0.25) is 0 Å². The highest BCUT2D eigenvalue weighted by Gasteiger charge is 2.24. The normalized spacial score (nSPS) is 14.3. The smallest absolute Gasteiger partial charge is 0.364 e. The topological polar surface area (TPSA) is 64.2 Å². The van der Waals surface area contributed by atoms with Gasteiger partial charge in [-0.1, -0.05) is 18.2 Å². The number of nitrogens with zero attached hydrogens (tertiary/aromatic N) is 4. The highest BCUT2D eigenvalue weighted by molar-refractivity contribution is 5.47. The van der Waals surface area contributed by atoms with Crippen LogP contribution in [0.2, 0.25) is 0 Å². The van der Waals surface area contributed by atoms with Crippen LogP contribution in [0.4, 0.5) is 11.5 Å². The van der Waals surface area contributed by atoms with Gasteiger partial charge in [-0.25, -0.2) is 0 Å². The van der Waals surface area contributed by atoms with Crippen LogP contribution in [-0.2, 0) is 13.1 Å². The number of rotatable bonds is 2. The van der Waals surface area contributed by atoms with Crippen LogP contribution in [-0.4, -0.2) is 21.2 Å². The minimum Gasteiger partial charge on any atom is -0.364 e. The van der Waals surface area contributed by atoms with Crippen molar-refractivity contribution in [1.29, 1.82) is 0 Å². The van der Waals surface area contributed by atoms with Crippen LogP contribution in [0.1, 0.15) is 5.69 Å². The number of nitro groups is 1. The van der Waals surface area contributed by atoms with E-state index < -0.39 is 4.92 Å². The van der Waals surface area contributed by atoms with Crippen molar-refractivity contribution in [2.75, 3.05) is 11.4 Å². The number of hydrogen-bond acceptors (Lipinski definition) is 4. The molecule has 2 aromatic rings. The van der Waals surface area contributed by atoms with Gasteiger partial charge in [0.1, 0.15) is 0 Å². The van der Waals surface area contributed by atoms with Crippen LogP contribution < -0.4 is 4.90 Å². The third-order valence-electron chi connectivity index (χ3n) is 3.09. The molecular weight excluding hydrogens is 232 g/mol. The average molecular weight is 244 g/mol. The quantitative estimate of drug-likeness (QED) is 0.597. The summed E-state index contributed by atoms with van der Waals surface area (Å²) in [5.41, 5.74) is 2.02. The summed E-state index contributed by atoms with van der Waals surface area (Å²) in [6, 6.07) is 11.6. The van der Waals surface area contributed by atoms with Crippen LogP contribution in [0, 0.1) is 10.1 Å². The lowest BCUT2D eigenvalue weighted by Crippen LogP contribution is -2.33. The fourth-order valence-corrected chi connectivity index (χ4v) is 2.20. The highest BCUT2D eigenvalue weighted by atomic mass is 16.6. The predicted molar refractivity (Wildman–Crippen MR) is 66.4 cm³/mol. The van der Waals surface area contributed by atoms with Gasteiger partial charge in [0, 0.05) is 12.2 Å². The van der Waals surface area contributed by atoms with E-state index in [9.17, 15) is 10.1 Å². The van der Waals surface area contributed by atoms with Crippen molar-refractivity contribution in [1.82, 2.24) is 9.78 Å². The number of benzene rings is 1. The van der Waals surface area contributed by atoms with Gasteiger partial charge in [0.05, 0.1) is 29.9 Å². The molecular formula is C12H12N4O2. The van der Waals surface area contributed by atoms with Crippen molar-refractivity contribution in [2.45, 2.75) is 13.1 Å². The summed E-state index contributed by atoms with van der Waals surface area (Å²) in [5, 5.41) is 14.7. The fraction of sp³-hybridized carbons (Fsp3) is 0.250. The van der Waals surface area contributed by atoms with Gasteiger partial charge < -0.3 is 15.0 Å². The Morgan fingerprint density at radius 2 is 2.00 bits per heavy atom. The Kier molecular flexibility index (Phi) is 2.47. The number of hydrogen-bond donors (Lipinski definition) is 0. The zero-order chi connectivity index (χ0) is 12.5. The summed E-state index contributed by atoms with van der Waals surface area (Å²) in [6.07, 6.45) is 0. The summed E-state index contributed by atoms with van der Waals surface area (Å²) >= 11 is 0.